The van der Waals surface area contributed by atoms with E-state index in [2.05, 4.69) is 0 Å². The predicted molar refractivity (Wildman–Crippen MR) is 87.5 cm³/mol. The minimum absolute atomic E-state index is 0.391. The van der Waals surface area contributed by atoms with Crippen LogP contribution in [0.2, 0.25) is 0 Å². The number of rotatable bonds is 3. The number of fused-ring (bicyclic) bond motifs is 1. The second-order valence-corrected chi connectivity index (χ2v) is 5.26. The molecule has 1 atom stereocenters. The molecule has 0 amide bonds. The van der Waals surface area contributed by atoms with Gasteiger partial charge in [-0.3, -0.25) is 0 Å². The van der Waals surface area contributed by atoms with Crippen LogP contribution in [0.1, 0.15) is 40.3 Å². The molecular weight excluding hydrogens is 292 g/mol. The van der Waals surface area contributed by atoms with Crippen LogP contribution < -0.4 is 0 Å². The predicted octanol–water partition coefficient (Wildman–Crippen LogP) is 4.04. The van der Waals surface area contributed by atoms with Crippen molar-refractivity contribution in [2.75, 3.05) is 14.2 Å². The maximum atomic E-state index is 12.0. The number of allylic oxidation sites excluding steroid dienone is 1. The van der Waals surface area contributed by atoms with Gasteiger partial charge < -0.3 is 14.2 Å². The van der Waals surface area contributed by atoms with Crippen LogP contribution in [-0.2, 0) is 14.2 Å². The highest BCUT2D eigenvalue weighted by molar-refractivity contribution is 5.99. The zero-order valence-electron chi connectivity index (χ0n) is 13.3. The maximum absolute atomic E-state index is 12.0. The minimum Gasteiger partial charge on any atom is -0.465 e. The van der Waals surface area contributed by atoms with E-state index in [4.69, 9.17) is 14.2 Å². The molecule has 0 aromatic heterocycles. The lowest BCUT2D eigenvalue weighted by Gasteiger charge is -2.29. The molecule has 3 rings (SSSR count). The second-order valence-electron chi connectivity index (χ2n) is 5.26. The van der Waals surface area contributed by atoms with Crippen molar-refractivity contribution in [3.05, 3.63) is 70.8 Å². The zero-order chi connectivity index (χ0) is 16.4. The Bertz CT molecular complexity index is 776. The van der Waals surface area contributed by atoms with Crippen LogP contribution in [-0.4, -0.2) is 20.2 Å². The second kappa shape index (κ2) is 6.26. The van der Waals surface area contributed by atoms with Crippen LogP contribution >= 0.6 is 0 Å². The van der Waals surface area contributed by atoms with E-state index >= 15 is 0 Å². The van der Waals surface area contributed by atoms with Gasteiger partial charge in [-0.05, 0) is 24.1 Å². The number of carbonyl (C=O) groups is 1. The topological polar surface area (TPSA) is 44.8 Å². The fourth-order valence-corrected chi connectivity index (χ4v) is 2.83. The SMILES string of the molecule is COC(=O)c1ccccc1C1=C(C)c2ccccc2C(OC)O1. The lowest BCUT2D eigenvalue weighted by molar-refractivity contribution is -0.0770. The highest BCUT2D eigenvalue weighted by atomic mass is 16.7. The third kappa shape index (κ3) is 2.62. The van der Waals surface area contributed by atoms with Gasteiger partial charge in [0.05, 0.1) is 12.7 Å². The summed E-state index contributed by atoms with van der Waals surface area (Å²) in [6, 6.07) is 15.2. The summed E-state index contributed by atoms with van der Waals surface area (Å²) in [6.45, 7) is 1.98. The van der Waals surface area contributed by atoms with E-state index in [0.29, 0.717) is 16.9 Å². The Morgan fingerprint density at radius 1 is 1.00 bits per heavy atom. The Labute approximate surface area is 135 Å². The fraction of sp³-hybridized carbons (Fsp3) is 0.211. The standard InChI is InChI=1S/C19H18O4/c1-12-13-8-4-7-11-16(13)19(22-3)23-17(12)14-9-5-6-10-15(14)18(20)21-2/h4-11,19H,1-3H3. The van der Waals surface area contributed by atoms with Gasteiger partial charge in [0.1, 0.15) is 5.76 Å². The summed E-state index contributed by atoms with van der Waals surface area (Å²) in [4.78, 5) is 12.0. The van der Waals surface area contributed by atoms with Crippen LogP contribution in [0.5, 0.6) is 0 Å². The molecule has 0 bridgehead atoms. The molecule has 118 valence electrons. The van der Waals surface area contributed by atoms with Gasteiger partial charge in [-0.2, -0.15) is 0 Å². The van der Waals surface area contributed by atoms with Gasteiger partial charge in [0, 0.05) is 18.2 Å². The number of carbonyl (C=O) groups excluding carboxylic acids is 1. The van der Waals surface area contributed by atoms with Crippen LogP contribution in [0.3, 0.4) is 0 Å². The van der Waals surface area contributed by atoms with Gasteiger partial charge in [-0.1, -0.05) is 42.5 Å². The summed E-state index contributed by atoms with van der Waals surface area (Å²) in [5.74, 6) is 0.244. The summed E-state index contributed by atoms with van der Waals surface area (Å²) >= 11 is 0. The van der Waals surface area contributed by atoms with E-state index in [1.165, 1.54) is 7.11 Å². The van der Waals surface area contributed by atoms with Gasteiger partial charge in [-0.15, -0.1) is 0 Å². The number of methoxy groups -OCH3 is 2. The van der Waals surface area contributed by atoms with E-state index in [1.54, 1.807) is 19.2 Å². The summed E-state index contributed by atoms with van der Waals surface area (Å²) < 4.78 is 16.4. The molecule has 1 heterocycles. The zero-order valence-corrected chi connectivity index (χ0v) is 13.3. The monoisotopic (exact) mass is 310 g/mol. The highest BCUT2D eigenvalue weighted by Crippen LogP contribution is 2.41. The first-order valence-electron chi connectivity index (χ1n) is 7.34. The molecule has 0 saturated carbocycles. The fourth-order valence-electron chi connectivity index (χ4n) is 2.83. The van der Waals surface area contributed by atoms with Crippen LogP contribution in [0, 0.1) is 0 Å². The molecule has 0 radical (unpaired) electrons. The first kappa shape index (κ1) is 15.3. The molecule has 1 aliphatic rings. The van der Waals surface area contributed by atoms with E-state index in [9.17, 15) is 4.79 Å². The first-order valence-corrected chi connectivity index (χ1v) is 7.34. The van der Waals surface area contributed by atoms with Crippen LogP contribution in [0.15, 0.2) is 48.5 Å². The molecule has 2 aromatic rings. The third-order valence-corrected chi connectivity index (χ3v) is 3.98. The number of hydrogen-bond acceptors (Lipinski definition) is 4. The Hall–Kier alpha value is -2.59. The number of esters is 1. The summed E-state index contributed by atoms with van der Waals surface area (Å²) in [6.07, 6.45) is -0.504. The quantitative estimate of drug-likeness (QED) is 0.803. The van der Waals surface area contributed by atoms with Crippen molar-refractivity contribution in [1.29, 1.82) is 0 Å². The lowest BCUT2D eigenvalue weighted by atomic mass is 9.93. The molecule has 2 aromatic carbocycles. The largest absolute Gasteiger partial charge is 0.465 e. The molecular formula is C19H18O4. The van der Waals surface area contributed by atoms with Crippen molar-refractivity contribution in [1.82, 2.24) is 0 Å². The van der Waals surface area contributed by atoms with Crippen LogP contribution in [0.25, 0.3) is 11.3 Å². The van der Waals surface area contributed by atoms with Gasteiger partial charge in [0.2, 0.25) is 6.29 Å². The van der Waals surface area contributed by atoms with E-state index in [-0.39, 0.29) is 0 Å². The van der Waals surface area contributed by atoms with E-state index in [0.717, 1.165) is 16.7 Å². The molecule has 4 heteroatoms. The Morgan fingerprint density at radius 2 is 1.65 bits per heavy atom. The van der Waals surface area contributed by atoms with E-state index < -0.39 is 12.3 Å². The Balaban J connectivity index is 2.19. The smallest absolute Gasteiger partial charge is 0.338 e. The van der Waals surface area contributed by atoms with Crippen LogP contribution in [0.4, 0.5) is 0 Å². The van der Waals surface area contributed by atoms with Gasteiger partial charge in [0.15, 0.2) is 0 Å². The van der Waals surface area contributed by atoms with Crippen molar-refractivity contribution in [3.8, 4) is 0 Å². The van der Waals surface area contributed by atoms with Gasteiger partial charge in [-0.25, -0.2) is 4.79 Å². The van der Waals surface area contributed by atoms with Gasteiger partial charge in [0.25, 0.3) is 0 Å². The molecule has 23 heavy (non-hydrogen) atoms. The average Bonchev–Trinajstić information content (AvgIpc) is 2.62. The Kier molecular flexibility index (Phi) is 4.17. The number of benzene rings is 2. The molecule has 0 aliphatic carbocycles. The maximum Gasteiger partial charge on any atom is 0.338 e. The van der Waals surface area contributed by atoms with Crippen molar-refractivity contribution < 1.29 is 19.0 Å². The first-order chi connectivity index (χ1) is 11.2. The summed E-state index contributed by atoms with van der Waals surface area (Å²) in [7, 11) is 2.97. The molecule has 4 nitrogen and oxygen atoms in total. The summed E-state index contributed by atoms with van der Waals surface area (Å²) in [5, 5.41) is 0. The Morgan fingerprint density at radius 3 is 2.35 bits per heavy atom. The van der Waals surface area contributed by atoms with Gasteiger partial charge >= 0.3 is 5.97 Å². The molecule has 0 spiro atoms. The van der Waals surface area contributed by atoms with E-state index in [1.807, 2.05) is 43.3 Å². The molecule has 0 saturated heterocycles. The lowest BCUT2D eigenvalue weighted by Crippen LogP contribution is -2.16. The normalized spacial score (nSPS) is 16.6. The van der Waals surface area contributed by atoms with Crippen molar-refractivity contribution >= 4 is 17.3 Å². The number of ether oxygens (including phenoxy) is 3. The average molecular weight is 310 g/mol. The van der Waals surface area contributed by atoms with Crippen molar-refractivity contribution in [2.45, 2.75) is 13.2 Å². The highest BCUT2D eigenvalue weighted by Gasteiger charge is 2.28. The molecule has 0 N–H and O–H groups in total. The van der Waals surface area contributed by atoms with Crippen molar-refractivity contribution in [2.24, 2.45) is 0 Å². The summed E-state index contributed by atoms with van der Waals surface area (Å²) in [5.41, 5.74) is 4.17. The minimum atomic E-state index is -0.504. The molecule has 1 unspecified atom stereocenters. The molecule has 1 aliphatic heterocycles. The number of hydrogen-bond donors (Lipinski definition) is 0. The molecule has 0 fully saturated rings. The third-order valence-electron chi connectivity index (χ3n) is 3.98. The van der Waals surface area contributed by atoms with Crippen molar-refractivity contribution in [3.63, 3.8) is 0 Å².